The second-order valence-electron chi connectivity index (χ2n) is 12.0. The molecule has 3 atom stereocenters. The van der Waals surface area contributed by atoms with Crippen molar-refractivity contribution >= 4 is 44.1 Å². The molecule has 3 fully saturated rings. The number of nitrogens with zero attached hydrogens (tertiary/aromatic N) is 6. The summed E-state index contributed by atoms with van der Waals surface area (Å²) in [5.74, 6) is -1.98. The summed E-state index contributed by atoms with van der Waals surface area (Å²) in [6, 6.07) is 10.3. The van der Waals surface area contributed by atoms with Crippen LogP contribution in [0.25, 0.3) is 37.0 Å². The van der Waals surface area contributed by atoms with Crippen LogP contribution in [0, 0.1) is 12.4 Å². The summed E-state index contributed by atoms with van der Waals surface area (Å²) in [6.07, 6.45) is 1.27. The zero-order valence-electron chi connectivity index (χ0n) is 24.5. The molecule has 3 saturated heterocycles. The van der Waals surface area contributed by atoms with Crippen LogP contribution < -0.4 is 9.64 Å². The van der Waals surface area contributed by atoms with Gasteiger partial charge in [-0.25, -0.2) is 19.7 Å². The highest BCUT2D eigenvalue weighted by atomic mass is 32.1. The summed E-state index contributed by atoms with van der Waals surface area (Å²) in [7, 11) is 0. The second-order valence-corrected chi connectivity index (χ2v) is 13.0. The van der Waals surface area contributed by atoms with Crippen LogP contribution in [-0.4, -0.2) is 89.3 Å². The van der Waals surface area contributed by atoms with Crippen molar-refractivity contribution in [3.05, 3.63) is 71.4 Å². The number of alkyl halides is 1. The molecule has 0 saturated carbocycles. The molecule has 0 radical (unpaired) electrons. The van der Waals surface area contributed by atoms with E-state index in [1.165, 1.54) is 11.0 Å². The highest BCUT2D eigenvalue weighted by molar-refractivity contribution is 7.17. The third-order valence-electron chi connectivity index (χ3n) is 9.34. The SMILES string of the molecule is [C-]#[N+]C[C@H]1CN(c2nc(OCC34CCCN3C[C@H](F)C4)nc3cc(-c4cccc5sccc45)c(F)cc23)CCN1C(=O)C(=C)F. The molecule has 7 rings (SSSR count). The molecule has 12 heteroatoms. The molecule has 0 N–H and O–H groups in total. The number of thiophene rings is 1. The molecular formula is C33H31F3N6O2S. The van der Waals surface area contributed by atoms with Gasteiger partial charge in [-0.3, -0.25) is 9.69 Å². The summed E-state index contributed by atoms with van der Waals surface area (Å²) in [5.41, 5.74) is 1.18. The van der Waals surface area contributed by atoms with Crippen LogP contribution in [-0.2, 0) is 4.79 Å². The van der Waals surface area contributed by atoms with E-state index >= 15 is 4.39 Å². The van der Waals surface area contributed by atoms with Gasteiger partial charge in [-0.05, 0) is 54.6 Å². The average molecular weight is 633 g/mol. The standard InChI is InChI=1S/C33H31F3N6O2S/c1-20(34)31(43)42-11-10-40(18-22(42)16-37-2)30-26-13-27(36)25(23-5-3-6-29-24(23)7-12-45-29)14-28(26)38-32(39-30)44-19-33-8-4-9-41(33)17-21(35)15-33/h3,5-7,12-14,21-22H,1,4,8-11,15-19H2/t21-,22+,33?/m1/s1. The Labute approximate surface area is 262 Å². The van der Waals surface area contributed by atoms with Gasteiger partial charge < -0.3 is 19.4 Å². The lowest BCUT2D eigenvalue weighted by atomic mass is 9.95. The number of halogens is 3. The highest BCUT2D eigenvalue weighted by Gasteiger charge is 2.49. The second kappa shape index (κ2) is 11.6. The summed E-state index contributed by atoms with van der Waals surface area (Å²) in [4.78, 5) is 30.8. The molecule has 4 aromatic rings. The molecular weight excluding hydrogens is 601 g/mol. The van der Waals surface area contributed by atoms with E-state index in [0.29, 0.717) is 35.2 Å². The first-order valence-electron chi connectivity index (χ1n) is 15.0. The summed E-state index contributed by atoms with van der Waals surface area (Å²) >= 11 is 1.58. The summed E-state index contributed by atoms with van der Waals surface area (Å²) in [5, 5.41) is 3.35. The van der Waals surface area contributed by atoms with E-state index in [2.05, 4.69) is 16.3 Å². The number of piperazine rings is 1. The van der Waals surface area contributed by atoms with Gasteiger partial charge in [0.25, 0.3) is 5.91 Å². The minimum atomic E-state index is -1.08. The van der Waals surface area contributed by atoms with Crippen molar-refractivity contribution in [3.8, 4) is 17.1 Å². The molecule has 5 heterocycles. The number of ether oxygens (including phenoxy) is 1. The Bertz CT molecular complexity index is 1860. The number of hydrogen-bond donors (Lipinski definition) is 0. The van der Waals surface area contributed by atoms with Gasteiger partial charge in [0.2, 0.25) is 6.54 Å². The van der Waals surface area contributed by atoms with Crippen LogP contribution in [0.1, 0.15) is 19.3 Å². The molecule has 8 nitrogen and oxygen atoms in total. The lowest BCUT2D eigenvalue weighted by Crippen LogP contribution is -2.56. The third kappa shape index (κ3) is 5.27. The van der Waals surface area contributed by atoms with Crippen molar-refractivity contribution in [2.45, 2.75) is 37.0 Å². The maximum absolute atomic E-state index is 16.0. The molecule has 1 unspecified atom stereocenters. The van der Waals surface area contributed by atoms with Gasteiger partial charge in [-0.15, -0.1) is 11.3 Å². The van der Waals surface area contributed by atoms with Crippen molar-refractivity contribution in [2.24, 2.45) is 0 Å². The molecule has 3 aliphatic rings. The fraction of sp³-hybridized carbons (Fsp3) is 0.394. The smallest absolute Gasteiger partial charge is 0.319 e. The number of benzene rings is 2. The van der Waals surface area contributed by atoms with Crippen LogP contribution in [0.15, 0.2) is 54.2 Å². The topological polar surface area (TPSA) is 66.2 Å². The van der Waals surface area contributed by atoms with Gasteiger partial charge in [0.15, 0.2) is 5.83 Å². The number of carbonyl (C=O) groups is 1. The van der Waals surface area contributed by atoms with Gasteiger partial charge in [-0.2, -0.15) is 9.97 Å². The Hall–Kier alpha value is -4.21. The van der Waals surface area contributed by atoms with E-state index in [1.807, 2.05) is 34.5 Å². The number of fused-ring (bicyclic) bond motifs is 3. The van der Waals surface area contributed by atoms with E-state index in [0.717, 1.165) is 35.0 Å². The molecule has 2 aromatic carbocycles. The van der Waals surface area contributed by atoms with E-state index in [4.69, 9.17) is 21.3 Å². The van der Waals surface area contributed by atoms with Crippen molar-refractivity contribution in [1.29, 1.82) is 0 Å². The summed E-state index contributed by atoms with van der Waals surface area (Å²) < 4.78 is 51.6. The monoisotopic (exact) mass is 632 g/mol. The lowest BCUT2D eigenvalue weighted by molar-refractivity contribution is -0.131. The molecule has 0 aliphatic carbocycles. The van der Waals surface area contributed by atoms with Crippen molar-refractivity contribution in [2.75, 3.05) is 50.8 Å². The zero-order valence-corrected chi connectivity index (χ0v) is 25.3. The number of anilines is 1. The number of amides is 1. The third-order valence-corrected chi connectivity index (χ3v) is 10.2. The van der Waals surface area contributed by atoms with Crippen molar-refractivity contribution < 1.29 is 22.7 Å². The fourth-order valence-corrected chi connectivity index (χ4v) is 8.05. The first kappa shape index (κ1) is 29.5. The molecule has 0 bridgehead atoms. The maximum atomic E-state index is 16.0. The van der Waals surface area contributed by atoms with Gasteiger partial charge in [-0.1, -0.05) is 18.7 Å². The quantitative estimate of drug-likeness (QED) is 0.183. The number of rotatable bonds is 7. The number of aromatic nitrogens is 2. The van der Waals surface area contributed by atoms with Gasteiger partial charge in [0, 0.05) is 53.6 Å². The van der Waals surface area contributed by atoms with Gasteiger partial charge in [0.1, 0.15) is 30.5 Å². The molecule has 232 valence electrons. The zero-order chi connectivity index (χ0) is 31.3. The van der Waals surface area contributed by atoms with Gasteiger partial charge in [0.05, 0.1) is 11.1 Å². The van der Waals surface area contributed by atoms with E-state index in [1.54, 1.807) is 17.4 Å². The first-order valence-corrected chi connectivity index (χ1v) is 15.9. The van der Waals surface area contributed by atoms with Crippen LogP contribution >= 0.6 is 11.3 Å². The summed E-state index contributed by atoms with van der Waals surface area (Å²) in [6.45, 7) is 12.5. The van der Waals surface area contributed by atoms with Crippen LogP contribution in [0.3, 0.4) is 0 Å². The molecule has 1 amide bonds. The Morgan fingerprint density at radius 1 is 1.16 bits per heavy atom. The van der Waals surface area contributed by atoms with Gasteiger partial charge >= 0.3 is 6.01 Å². The Morgan fingerprint density at radius 2 is 2.02 bits per heavy atom. The predicted molar refractivity (Wildman–Crippen MR) is 168 cm³/mol. The minimum Gasteiger partial charge on any atom is -0.461 e. The van der Waals surface area contributed by atoms with Crippen LogP contribution in [0.2, 0.25) is 0 Å². The van der Waals surface area contributed by atoms with E-state index in [9.17, 15) is 13.6 Å². The first-order chi connectivity index (χ1) is 21.8. The Morgan fingerprint density at radius 3 is 2.84 bits per heavy atom. The number of hydrogen-bond acceptors (Lipinski definition) is 7. The Kier molecular flexibility index (Phi) is 7.61. The lowest BCUT2D eigenvalue weighted by Gasteiger charge is -2.39. The normalized spacial score (nSPS) is 23.4. The fourth-order valence-electron chi connectivity index (χ4n) is 7.23. The van der Waals surface area contributed by atoms with Crippen molar-refractivity contribution in [1.82, 2.24) is 19.8 Å². The Balaban J connectivity index is 1.30. The predicted octanol–water partition coefficient (Wildman–Crippen LogP) is 6.03. The maximum Gasteiger partial charge on any atom is 0.319 e. The van der Waals surface area contributed by atoms with Crippen molar-refractivity contribution in [3.63, 3.8) is 0 Å². The van der Waals surface area contributed by atoms with E-state index < -0.39 is 35.3 Å². The molecule has 2 aromatic heterocycles. The molecule has 45 heavy (non-hydrogen) atoms. The van der Waals surface area contributed by atoms with Crippen LogP contribution in [0.5, 0.6) is 6.01 Å². The number of carbonyl (C=O) groups excluding carboxylic acids is 1. The van der Waals surface area contributed by atoms with Crippen LogP contribution in [0.4, 0.5) is 19.0 Å². The van der Waals surface area contributed by atoms with E-state index in [-0.39, 0.29) is 38.8 Å². The largest absolute Gasteiger partial charge is 0.461 e. The molecule has 3 aliphatic heterocycles. The molecule has 0 spiro atoms. The minimum absolute atomic E-state index is 0.0478. The average Bonchev–Trinajstić information content (AvgIpc) is 3.73. The highest BCUT2D eigenvalue weighted by Crippen LogP contribution is 2.41.